The van der Waals surface area contributed by atoms with Crippen LogP contribution in [0.3, 0.4) is 0 Å². The predicted molar refractivity (Wildman–Crippen MR) is 125 cm³/mol. The Kier molecular flexibility index (Phi) is 7.44. The van der Waals surface area contributed by atoms with Crippen LogP contribution in [-0.2, 0) is 4.74 Å². The maximum absolute atomic E-state index is 13.0. The van der Waals surface area contributed by atoms with E-state index in [2.05, 4.69) is 10.3 Å². The molecule has 2 aliphatic rings. The molecule has 1 spiro atoms. The molecule has 0 atom stereocenters. The zero-order valence-corrected chi connectivity index (χ0v) is 18.9. The Morgan fingerprint density at radius 1 is 1.09 bits per heavy atom. The summed E-state index contributed by atoms with van der Waals surface area (Å²) < 4.78 is 12.0. The van der Waals surface area contributed by atoms with E-state index in [0.717, 1.165) is 32.1 Å². The number of para-hydroxylation sites is 1. The number of nitrogens with zero attached hydrogens (tertiary/aromatic N) is 2. The summed E-state index contributed by atoms with van der Waals surface area (Å²) in [4.78, 5) is 31.4. The van der Waals surface area contributed by atoms with Crippen molar-refractivity contribution in [2.24, 2.45) is 5.41 Å². The van der Waals surface area contributed by atoms with Crippen LogP contribution in [0.15, 0.2) is 42.6 Å². The van der Waals surface area contributed by atoms with Crippen molar-refractivity contribution in [2.45, 2.75) is 32.1 Å². The van der Waals surface area contributed by atoms with Crippen LogP contribution >= 0.6 is 0 Å². The van der Waals surface area contributed by atoms with Crippen LogP contribution in [0.2, 0.25) is 0 Å². The molecule has 0 saturated carbocycles. The number of piperidine rings is 1. The molecule has 0 bridgehead atoms. The van der Waals surface area contributed by atoms with Gasteiger partial charge in [0.1, 0.15) is 11.6 Å². The van der Waals surface area contributed by atoms with E-state index in [4.69, 9.17) is 15.2 Å². The number of aromatic nitrogens is 1. The number of hydrogen-bond acceptors (Lipinski definition) is 6. The monoisotopic (exact) mass is 452 g/mol. The summed E-state index contributed by atoms with van der Waals surface area (Å²) in [5, 5.41) is 2.90. The number of pyridine rings is 1. The number of amides is 2. The van der Waals surface area contributed by atoms with Gasteiger partial charge in [0.05, 0.1) is 18.8 Å². The molecule has 2 aromatic rings. The van der Waals surface area contributed by atoms with Crippen LogP contribution in [-0.4, -0.2) is 61.2 Å². The number of benzene rings is 1. The number of carbonyl (C=O) groups excluding carboxylic acids is 2. The van der Waals surface area contributed by atoms with Crippen molar-refractivity contribution in [3.05, 3.63) is 53.7 Å². The van der Waals surface area contributed by atoms with E-state index in [-0.39, 0.29) is 17.2 Å². The van der Waals surface area contributed by atoms with Gasteiger partial charge in [-0.15, -0.1) is 0 Å². The third-order valence-corrected chi connectivity index (χ3v) is 6.58. The zero-order chi connectivity index (χ0) is 23.1. The van der Waals surface area contributed by atoms with E-state index in [1.54, 1.807) is 24.4 Å². The van der Waals surface area contributed by atoms with Crippen molar-refractivity contribution in [2.75, 3.05) is 45.2 Å². The minimum absolute atomic E-state index is 0.0174. The normalized spacial score (nSPS) is 19.6. The molecule has 0 unspecified atom stereocenters. The second kappa shape index (κ2) is 10.7. The highest BCUT2D eigenvalue weighted by atomic mass is 16.5. The molecule has 1 saturated heterocycles. The number of nitrogen functional groups attached to an aromatic ring is 1. The lowest BCUT2D eigenvalue weighted by Gasteiger charge is -2.42. The summed E-state index contributed by atoms with van der Waals surface area (Å²) in [7, 11) is 0. The average Bonchev–Trinajstić information content (AvgIpc) is 2.84. The smallest absolute Gasteiger partial charge is 0.255 e. The summed E-state index contributed by atoms with van der Waals surface area (Å²) in [5.74, 6) is 0.769. The van der Waals surface area contributed by atoms with Crippen LogP contribution < -0.4 is 15.8 Å². The third-order valence-electron chi connectivity index (χ3n) is 6.58. The summed E-state index contributed by atoms with van der Waals surface area (Å²) >= 11 is 0. The van der Waals surface area contributed by atoms with Gasteiger partial charge in [-0.1, -0.05) is 18.6 Å². The van der Waals surface area contributed by atoms with E-state index in [9.17, 15) is 9.59 Å². The maximum atomic E-state index is 13.0. The minimum Gasteiger partial charge on any atom is -0.492 e. The average molecular weight is 453 g/mol. The number of likely N-dealkylation sites (tertiary alicyclic amines) is 1. The Hall–Kier alpha value is -3.13. The molecule has 33 heavy (non-hydrogen) atoms. The number of carbonyl (C=O) groups is 2. The van der Waals surface area contributed by atoms with Crippen molar-refractivity contribution < 1.29 is 19.1 Å². The maximum Gasteiger partial charge on any atom is 0.255 e. The summed E-state index contributed by atoms with van der Waals surface area (Å²) in [6, 6.07) is 10.7. The second-order valence-electron chi connectivity index (χ2n) is 8.87. The van der Waals surface area contributed by atoms with Gasteiger partial charge >= 0.3 is 0 Å². The molecule has 2 amide bonds. The lowest BCUT2D eigenvalue weighted by molar-refractivity contribution is 0.0341. The van der Waals surface area contributed by atoms with Gasteiger partial charge in [0.2, 0.25) is 0 Å². The molecule has 176 valence electrons. The van der Waals surface area contributed by atoms with Gasteiger partial charge in [-0.05, 0) is 49.9 Å². The van der Waals surface area contributed by atoms with Crippen LogP contribution in [0.25, 0.3) is 0 Å². The minimum atomic E-state index is -0.155. The Balaban J connectivity index is 1.47. The van der Waals surface area contributed by atoms with Crippen molar-refractivity contribution in [3.8, 4) is 5.75 Å². The first-order valence-electron chi connectivity index (χ1n) is 11.6. The Morgan fingerprint density at radius 2 is 1.91 bits per heavy atom. The Labute approximate surface area is 194 Å². The van der Waals surface area contributed by atoms with Crippen LogP contribution in [0.5, 0.6) is 5.75 Å². The van der Waals surface area contributed by atoms with Crippen molar-refractivity contribution in [3.63, 3.8) is 0 Å². The van der Waals surface area contributed by atoms with E-state index in [1.807, 2.05) is 23.1 Å². The molecule has 1 fully saturated rings. The highest BCUT2D eigenvalue weighted by molar-refractivity contribution is 5.97. The number of nitrogens with one attached hydrogen (secondary N) is 1. The molecule has 8 nitrogen and oxygen atoms in total. The first-order valence-corrected chi connectivity index (χ1v) is 11.6. The van der Waals surface area contributed by atoms with Crippen molar-refractivity contribution in [1.29, 1.82) is 0 Å². The lowest BCUT2D eigenvalue weighted by atomic mass is 9.75. The second-order valence-corrected chi connectivity index (χ2v) is 8.87. The fraction of sp³-hybridized carbons (Fsp3) is 0.480. The summed E-state index contributed by atoms with van der Waals surface area (Å²) in [6.45, 7) is 3.48. The van der Waals surface area contributed by atoms with E-state index in [1.165, 1.54) is 0 Å². The predicted octanol–water partition coefficient (Wildman–Crippen LogP) is 2.90. The topological polar surface area (TPSA) is 107 Å². The largest absolute Gasteiger partial charge is 0.492 e. The zero-order valence-electron chi connectivity index (χ0n) is 18.9. The fourth-order valence-corrected chi connectivity index (χ4v) is 4.56. The number of hydrogen-bond donors (Lipinski definition) is 2. The van der Waals surface area contributed by atoms with Gasteiger partial charge < -0.3 is 25.4 Å². The molecule has 1 aromatic carbocycles. The molecule has 3 N–H and O–H groups in total. The molecular formula is C25H32N4O4. The number of rotatable bonds is 1. The van der Waals surface area contributed by atoms with E-state index >= 15 is 0 Å². The highest BCUT2D eigenvalue weighted by Gasteiger charge is 2.37. The number of anilines is 1. The molecule has 0 radical (unpaired) electrons. The van der Waals surface area contributed by atoms with Gasteiger partial charge in [-0.25, -0.2) is 4.98 Å². The van der Waals surface area contributed by atoms with Crippen LogP contribution in [0.4, 0.5) is 5.82 Å². The van der Waals surface area contributed by atoms with Crippen LogP contribution in [0, 0.1) is 5.41 Å². The SMILES string of the molecule is Nc1cc(C(=O)N2CCC3(CCCCOCCNC(=O)c4ccccc4OC3)CC2)ccn1. The third kappa shape index (κ3) is 5.82. The lowest BCUT2D eigenvalue weighted by Crippen LogP contribution is -2.45. The first kappa shape index (κ1) is 23.0. The van der Waals surface area contributed by atoms with Gasteiger partial charge in [0.25, 0.3) is 11.8 Å². The van der Waals surface area contributed by atoms with Crippen LogP contribution in [0.1, 0.15) is 52.8 Å². The van der Waals surface area contributed by atoms with Gasteiger partial charge in [0, 0.05) is 43.4 Å². The number of fused-ring (bicyclic) bond motifs is 1. The molecule has 2 aliphatic heterocycles. The van der Waals surface area contributed by atoms with E-state index in [0.29, 0.717) is 62.1 Å². The van der Waals surface area contributed by atoms with Gasteiger partial charge in [0.15, 0.2) is 0 Å². The Morgan fingerprint density at radius 3 is 2.73 bits per heavy atom. The standard InChI is InChI=1S/C25H32N4O4/c26-22-17-19(7-11-27-22)24(31)29-13-9-25(10-14-29)8-3-4-15-32-16-12-28-23(30)20-5-1-2-6-21(20)33-18-25/h1-2,5-7,11,17H,3-4,8-10,12-16,18H2,(H2,26,27)(H,28,30). The van der Waals surface area contributed by atoms with Gasteiger partial charge in [-0.3, -0.25) is 9.59 Å². The number of nitrogens with two attached hydrogens (primary N) is 1. The van der Waals surface area contributed by atoms with Crippen molar-refractivity contribution in [1.82, 2.24) is 15.2 Å². The fourth-order valence-electron chi connectivity index (χ4n) is 4.56. The highest BCUT2D eigenvalue weighted by Crippen LogP contribution is 2.38. The van der Waals surface area contributed by atoms with Gasteiger partial charge in [-0.2, -0.15) is 0 Å². The molecule has 4 rings (SSSR count). The quantitative estimate of drug-likeness (QED) is 0.689. The molecule has 3 heterocycles. The molecule has 1 aromatic heterocycles. The number of ether oxygens (including phenoxy) is 2. The summed E-state index contributed by atoms with van der Waals surface area (Å²) in [6.07, 6.45) is 6.24. The molecule has 0 aliphatic carbocycles. The van der Waals surface area contributed by atoms with Crippen molar-refractivity contribution >= 4 is 17.6 Å². The molecule has 8 heteroatoms. The molecular weight excluding hydrogens is 420 g/mol. The summed E-state index contributed by atoms with van der Waals surface area (Å²) in [5.41, 5.74) is 6.80. The first-order chi connectivity index (χ1) is 16.1. The van der Waals surface area contributed by atoms with E-state index < -0.39 is 0 Å². The Bertz CT molecular complexity index is 972.